The lowest BCUT2D eigenvalue weighted by molar-refractivity contribution is 0.262. The van der Waals surface area contributed by atoms with Gasteiger partial charge < -0.3 is 15.6 Å². The van der Waals surface area contributed by atoms with Gasteiger partial charge in [-0.15, -0.1) is 0 Å². The van der Waals surface area contributed by atoms with Crippen molar-refractivity contribution in [2.45, 2.75) is 25.2 Å². The lowest BCUT2D eigenvalue weighted by Crippen LogP contribution is -2.19. The molecule has 25 heavy (non-hydrogen) atoms. The highest BCUT2D eigenvalue weighted by Crippen LogP contribution is 2.38. The number of H-pyrrole nitrogens is 1. The third kappa shape index (κ3) is 3.05. The van der Waals surface area contributed by atoms with Crippen LogP contribution in [0.5, 0.6) is 0 Å². The molecule has 5 nitrogen and oxygen atoms in total. The van der Waals surface area contributed by atoms with Gasteiger partial charge >= 0.3 is 6.03 Å². The first-order chi connectivity index (χ1) is 12.1. The van der Waals surface area contributed by atoms with Crippen LogP contribution in [0.3, 0.4) is 0 Å². The minimum absolute atomic E-state index is 0.288. The van der Waals surface area contributed by atoms with Crippen LogP contribution in [0.15, 0.2) is 36.7 Å². The second-order valence-electron chi connectivity index (χ2n) is 6.20. The Labute approximate surface area is 142 Å². The summed E-state index contributed by atoms with van der Waals surface area (Å²) in [6.45, 7) is 0. The zero-order chi connectivity index (χ0) is 17.4. The fourth-order valence-electron chi connectivity index (χ4n) is 3.02. The molecule has 1 fully saturated rings. The van der Waals surface area contributed by atoms with E-state index in [0.717, 1.165) is 25.5 Å². The van der Waals surface area contributed by atoms with Crippen molar-refractivity contribution in [2.24, 2.45) is 0 Å². The third-order valence-corrected chi connectivity index (χ3v) is 4.55. The van der Waals surface area contributed by atoms with E-state index in [1.54, 1.807) is 12.1 Å². The fourth-order valence-corrected chi connectivity index (χ4v) is 3.02. The maximum atomic E-state index is 14.2. The molecule has 0 unspecified atom stereocenters. The Morgan fingerprint density at radius 2 is 2.04 bits per heavy atom. The molecule has 4 rings (SSSR count). The summed E-state index contributed by atoms with van der Waals surface area (Å²) in [7, 11) is 0. The van der Waals surface area contributed by atoms with Crippen molar-refractivity contribution < 1.29 is 13.6 Å². The van der Waals surface area contributed by atoms with Crippen LogP contribution < -0.4 is 10.6 Å². The molecule has 7 heteroatoms. The number of nitrogens with zero attached hydrogens (tertiary/aromatic N) is 1. The van der Waals surface area contributed by atoms with Crippen molar-refractivity contribution >= 4 is 28.4 Å². The number of aromatic nitrogens is 2. The van der Waals surface area contributed by atoms with Crippen LogP contribution in [0, 0.1) is 11.6 Å². The van der Waals surface area contributed by atoms with Gasteiger partial charge in [0.1, 0.15) is 17.3 Å². The van der Waals surface area contributed by atoms with Crippen LogP contribution in [0.4, 0.5) is 25.0 Å². The first-order valence-corrected chi connectivity index (χ1v) is 8.10. The van der Waals surface area contributed by atoms with E-state index >= 15 is 0 Å². The molecule has 2 aromatic heterocycles. The third-order valence-electron chi connectivity index (χ3n) is 4.55. The maximum Gasteiger partial charge on any atom is 0.323 e. The molecule has 0 saturated heterocycles. The molecule has 0 aliphatic heterocycles. The molecule has 1 aliphatic rings. The van der Waals surface area contributed by atoms with Gasteiger partial charge in [-0.3, -0.25) is 0 Å². The monoisotopic (exact) mass is 342 g/mol. The zero-order valence-electron chi connectivity index (χ0n) is 13.3. The SMILES string of the molecule is O=C(Nc1ccc(C2CCC2)c(F)c1)Nc1c[nH]c2ncc(F)cc12. The fraction of sp³-hybridized carbons (Fsp3) is 0.222. The van der Waals surface area contributed by atoms with Gasteiger partial charge in [0.25, 0.3) is 0 Å². The number of benzene rings is 1. The van der Waals surface area contributed by atoms with Crippen LogP contribution in [-0.4, -0.2) is 16.0 Å². The van der Waals surface area contributed by atoms with E-state index in [1.807, 2.05) is 0 Å². The van der Waals surface area contributed by atoms with Crippen molar-refractivity contribution in [3.8, 4) is 0 Å². The number of amides is 2. The quantitative estimate of drug-likeness (QED) is 0.643. The molecule has 0 atom stereocenters. The molecule has 3 aromatic rings. The molecular weight excluding hydrogens is 326 g/mol. The largest absolute Gasteiger partial charge is 0.344 e. The van der Waals surface area contributed by atoms with Crippen molar-refractivity contribution in [1.29, 1.82) is 0 Å². The van der Waals surface area contributed by atoms with Gasteiger partial charge in [0, 0.05) is 17.3 Å². The van der Waals surface area contributed by atoms with Crippen LogP contribution in [0.1, 0.15) is 30.7 Å². The van der Waals surface area contributed by atoms with E-state index in [0.29, 0.717) is 28.0 Å². The lowest BCUT2D eigenvalue weighted by Gasteiger charge is -2.26. The summed E-state index contributed by atoms with van der Waals surface area (Å²) >= 11 is 0. The van der Waals surface area contributed by atoms with E-state index in [-0.39, 0.29) is 11.7 Å². The van der Waals surface area contributed by atoms with E-state index in [2.05, 4.69) is 20.6 Å². The molecule has 0 radical (unpaired) electrons. The minimum atomic E-state index is -0.541. The van der Waals surface area contributed by atoms with Gasteiger partial charge in [0.2, 0.25) is 0 Å². The molecule has 1 aromatic carbocycles. The summed E-state index contributed by atoms with van der Waals surface area (Å²) in [6.07, 6.45) is 5.77. The number of carbonyl (C=O) groups is 1. The second-order valence-corrected chi connectivity index (χ2v) is 6.20. The van der Waals surface area contributed by atoms with Crippen molar-refractivity contribution in [3.05, 3.63) is 53.9 Å². The average Bonchev–Trinajstić information content (AvgIpc) is 2.90. The van der Waals surface area contributed by atoms with Crippen LogP contribution in [-0.2, 0) is 0 Å². The molecule has 128 valence electrons. The normalized spacial score (nSPS) is 14.3. The van der Waals surface area contributed by atoms with Gasteiger partial charge in [-0.1, -0.05) is 12.5 Å². The van der Waals surface area contributed by atoms with E-state index in [1.165, 1.54) is 18.3 Å². The smallest absolute Gasteiger partial charge is 0.323 e. The van der Waals surface area contributed by atoms with Crippen LogP contribution >= 0.6 is 0 Å². The van der Waals surface area contributed by atoms with Gasteiger partial charge in [0.15, 0.2) is 0 Å². The molecule has 0 bridgehead atoms. The molecule has 2 heterocycles. The number of carbonyl (C=O) groups excluding carboxylic acids is 1. The number of urea groups is 1. The minimum Gasteiger partial charge on any atom is -0.344 e. The molecule has 1 aliphatic carbocycles. The Balaban J connectivity index is 1.48. The van der Waals surface area contributed by atoms with E-state index < -0.39 is 11.8 Å². The first kappa shape index (κ1) is 15.6. The lowest BCUT2D eigenvalue weighted by atomic mass is 9.80. The molecule has 2 amide bonds. The van der Waals surface area contributed by atoms with Crippen molar-refractivity contribution in [2.75, 3.05) is 10.6 Å². The summed E-state index contributed by atoms with van der Waals surface area (Å²) in [4.78, 5) is 18.9. The Morgan fingerprint density at radius 3 is 2.76 bits per heavy atom. The first-order valence-electron chi connectivity index (χ1n) is 8.10. The number of hydrogen-bond donors (Lipinski definition) is 3. The summed E-state index contributed by atoms with van der Waals surface area (Å²) in [5.41, 5.74) is 1.93. The number of pyridine rings is 1. The summed E-state index contributed by atoms with van der Waals surface area (Å²) in [5.74, 6) is -0.512. The van der Waals surface area contributed by atoms with Gasteiger partial charge in [0.05, 0.1) is 11.9 Å². The van der Waals surface area contributed by atoms with Crippen LogP contribution in [0.25, 0.3) is 11.0 Å². The topological polar surface area (TPSA) is 69.8 Å². The van der Waals surface area contributed by atoms with E-state index in [4.69, 9.17) is 0 Å². The Kier molecular flexibility index (Phi) is 3.83. The number of rotatable bonds is 3. The van der Waals surface area contributed by atoms with Gasteiger partial charge in [-0.2, -0.15) is 0 Å². The Bertz CT molecular complexity index is 949. The Hall–Kier alpha value is -2.96. The molecule has 3 N–H and O–H groups in total. The number of anilines is 2. The highest BCUT2D eigenvalue weighted by molar-refractivity contribution is 6.05. The molecular formula is C18H16F2N4O. The van der Waals surface area contributed by atoms with E-state index in [9.17, 15) is 13.6 Å². The zero-order valence-corrected chi connectivity index (χ0v) is 13.3. The number of hydrogen-bond acceptors (Lipinski definition) is 2. The predicted molar refractivity (Wildman–Crippen MR) is 91.7 cm³/mol. The highest BCUT2D eigenvalue weighted by atomic mass is 19.1. The van der Waals surface area contributed by atoms with Crippen molar-refractivity contribution in [1.82, 2.24) is 9.97 Å². The van der Waals surface area contributed by atoms with Gasteiger partial charge in [-0.05, 0) is 42.5 Å². The summed E-state index contributed by atoms with van der Waals surface area (Å²) in [5, 5.41) is 5.65. The predicted octanol–water partition coefficient (Wildman–Crippen LogP) is 4.75. The molecule has 1 saturated carbocycles. The number of aromatic amines is 1. The summed E-state index contributed by atoms with van der Waals surface area (Å²) < 4.78 is 27.5. The average molecular weight is 342 g/mol. The number of nitrogens with one attached hydrogen (secondary N) is 3. The standard InChI is InChI=1S/C18H16F2N4O/c19-11-6-14-16(9-22-17(14)21-8-11)24-18(25)23-12-4-5-13(15(20)7-12)10-2-1-3-10/h4-10H,1-3H2,(H,21,22)(H2,23,24,25). The maximum absolute atomic E-state index is 14.2. The summed E-state index contributed by atoms with van der Waals surface area (Å²) in [6, 6.07) is 5.47. The van der Waals surface area contributed by atoms with Crippen molar-refractivity contribution in [3.63, 3.8) is 0 Å². The van der Waals surface area contributed by atoms with Gasteiger partial charge in [-0.25, -0.2) is 18.6 Å². The molecule has 0 spiro atoms. The highest BCUT2D eigenvalue weighted by Gasteiger charge is 2.22. The number of halogens is 2. The van der Waals surface area contributed by atoms with Crippen LogP contribution in [0.2, 0.25) is 0 Å². The Morgan fingerprint density at radius 1 is 1.20 bits per heavy atom. The second kappa shape index (κ2) is 6.16. The number of fused-ring (bicyclic) bond motifs is 1.